The minimum Gasteiger partial charge on any atom is -0.497 e. The van der Waals surface area contributed by atoms with E-state index in [-0.39, 0.29) is 5.69 Å². The standard InChI is InChI=1S/C21H28N2O6S/c1-15(21(24)22-13-12-16-6-8-17(27-2)9-7-16)23(30(5,25)26)19-14-18(28-3)10-11-20(19)29-4/h6-11,14-15H,12-13H2,1-5H3,(H,22,24)/t15-/m0/s1. The van der Waals surface area contributed by atoms with Gasteiger partial charge in [0, 0.05) is 12.6 Å². The van der Waals surface area contributed by atoms with Crippen molar-refractivity contribution in [2.45, 2.75) is 19.4 Å². The van der Waals surface area contributed by atoms with Gasteiger partial charge in [-0.15, -0.1) is 0 Å². The van der Waals surface area contributed by atoms with Gasteiger partial charge < -0.3 is 19.5 Å². The van der Waals surface area contributed by atoms with Crippen molar-refractivity contribution >= 4 is 21.6 Å². The van der Waals surface area contributed by atoms with Crippen molar-refractivity contribution in [1.29, 1.82) is 0 Å². The molecule has 2 aromatic carbocycles. The van der Waals surface area contributed by atoms with E-state index in [0.717, 1.165) is 21.9 Å². The van der Waals surface area contributed by atoms with Gasteiger partial charge in [-0.2, -0.15) is 0 Å². The number of carbonyl (C=O) groups excluding carboxylic acids is 1. The molecule has 1 N–H and O–H groups in total. The predicted octanol–water partition coefficient (Wildman–Crippen LogP) is 2.23. The second-order valence-corrected chi connectivity index (χ2v) is 8.52. The first-order valence-electron chi connectivity index (χ1n) is 9.33. The van der Waals surface area contributed by atoms with Crippen LogP contribution in [-0.4, -0.2) is 54.5 Å². The molecule has 0 saturated heterocycles. The van der Waals surface area contributed by atoms with Crippen LogP contribution in [0.15, 0.2) is 42.5 Å². The molecule has 164 valence electrons. The Labute approximate surface area is 177 Å². The van der Waals surface area contributed by atoms with Gasteiger partial charge in [0.2, 0.25) is 15.9 Å². The zero-order chi connectivity index (χ0) is 22.3. The maximum absolute atomic E-state index is 12.7. The number of sulfonamides is 1. The first-order valence-corrected chi connectivity index (χ1v) is 11.2. The number of rotatable bonds is 10. The van der Waals surface area contributed by atoms with Crippen LogP contribution in [0.3, 0.4) is 0 Å². The molecule has 8 nitrogen and oxygen atoms in total. The fourth-order valence-electron chi connectivity index (χ4n) is 3.02. The summed E-state index contributed by atoms with van der Waals surface area (Å²) in [4.78, 5) is 12.7. The van der Waals surface area contributed by atoms with Crippen molar-refractivity contribution < 1.29 is 27.4 Å². The maximum atomic E-state index is 12.7. The summed E-state index contributed by atoms with van der Waals surface area (Å²) < 4.78 is 41.8. The average molecular weight is 437 g/mol. The van der Waals surface area contributed by atoms with Gasteiger partial charge in [0.25, 0.3) is 0 Å². The van der Waals surface area contributed by atoms with E-state index in [0.29, 0.717) is 24.5 Å². The first-order chi connectivity index (χ1) is 14.2. The molecule has 0 heterocycles. The lowest BCUT2D eigenvalue weighted by Gasteiger charge is -2.29. The monoisotopic (exact) mass is 436 g/mol. The molecule has 0 fully saturated rings. The normalized spacial score (nSPS) is 12.0. The van der Waals surface area contributed by atoms with Crippen molar-refractivity contribution in [2.24, 2.45) is 0 Å². The van der Waals surface area contributed by atoms with Gasteiger partial charge in [0.1, 0.15) is 23.3 Å². The molecule has 9 heteroatoms. The lowest BCUT2D eigenvalue weighted by atomic mass is 10.1. The van der Waals surface area contributed by atoms with Crippen LogP contribution in [0.1, 0.15) is 12.5 Å². The van der Waals surface area contributed by atoms with Gasteiger partial charge >= 0.3 is 0 Å². The first kappa shape index (κ1) is 23.3. The van der Waals surface area contributed by atoms with Crippen molar-refractivity contribution in [3.8, 4) is 17.2 Å². The molecule has 0 bridgehead atoms. The van der Waals surface area contributed by atoms with Crippen LogP contribution >= 0.6 is 0 Å². The molecule has 2 aromatic rings. The molecule has 0 aliphatic heterocycles. The topological polar surface area (TPSA) is 94.2 Å². The second-order valence-electron chi connectivity index (χ2n) is 6.66. The molecule has 0 unspecified atom stereocenters. The van der Waals surface area contributed by atoms with Crippen LogP contribution in [0.5, 0.6) is 17.2 Å². The summed E-state index contributed by atoms with van der Waals surface area (Å²) in [6, 6.07) is 11.3. The highest BCUT2D eigenvalue weighted by Crippen LogP contribution is 2.35. The van der Waals surface area contributed by atoms with Gasteiger partial charge in [0.05, 0.1) is 33.3 Å². The number of ether oxygens (including phenoxy) is 3. The molecule has 0 aliphatic rings. The van der Waals surface area contributed by atoms with E-state index in [4.69, 9.17) is 14.2 Å². The number of hydrogen-bond acceptors (Lipinski definition) is 6. The van der Waals surface area contributed by atoms with E-state index in [9.17, 15) is 13.2 Å². The van der Waals surface area contributed by atoms with Crippen LogP contribution in [0.25, 0.3) is 0 Å². The molecule has 0 aromatic heterocycles. The minimum absolute atomic E-state index is 0.233. The van der Waals surface area contributed by atoms with E-state index >= 15 is 0 Å². The number of methoxy groups -OCH3 is 3. The van der Waals surface area contributed by atoms with Crippen LogP contribution in [-0.2, 0) is 21.2 Å². The third kappa shape index (κ3) is 5.79. The second kappa shape index (κ2) is 10.2. The Kier molecular flexibility index (Phi) is 7.93. The number of nitrogens with one attached hydrogen (secondary N) is 1. The summed E-state index contributed by atoms with van der Waals surface area (Å²) in [5, 5.41) is 2.80. The van der Waals surface area contributed by atoms with E-state index in [1.807, 2.05) is 24.3 Å². The van der Waals surface area contributed by atoms with E-state index in [1.54, 1.807) is 19.2 Å². The molecule has 0 saturated carbocycles. The lowest BCUT2D eigenvalue weighted by molar-refractivity contribution is -0.121. The summed E-state index contributed by atoms with van der Waals surface area (Å²) in [5.41, 5.74) is 1.26. The van der Waals surface area contributed by atoms with Gasteiger partial charge in [0.15, 0.2) is 0 Å². The van der Waals surface area contributed by atoms with Gasteiger partial charge in [-0.25, -0.2) is 8.42 Å². The predicted molar refractivity (Wildman–Crippen MR) is 116 cm³/mol. The number of anilines is 1. The molecule has 1 atom stereocenters. The molecular weight excluding hydrogens is 408 g/mol. The molecule has 0 radical (unpaired) electrons. The Morgan fingerprint density at radius 3 is 2.13 bits per heavy atom. The molecular formula is C21H28N2O6S. The zero-order valence-corrected chi connectivity index (χ0v) is 18.7. The third-order valence-corrected chi connectivity index (χ3v) is 5.81. The molecule has 2 rings (SSSR count). The van der Waals surface area contributed by atoms with Gasteiger partial charge in [-0.05, 0) is 43.2 Å². The molecule has 0 aliphatic carbocycles. The number of hydrogen-bond donors (Lipinski definition) is 1. The Morgan fingerprint density at radius 2 is 1.60 bits per heavy atom. The number of carbonyl (C=O) groups is 1. The van der Waals surface area contributed by atoms with Gasteiger partial charge in [-0.3, -0.25) is 9.10 Å². The van der Waals surface area contributed by atoms with Crippen molar-refractivity contribution in [2.75, 3.05) is 38.4 Å². The van der Waals surface area contributed by atoms with E-state index in [1.165, 1.54) is 27.2 Å². The summed E-state index contributed by atoms with van der Waals surface area (Å²) in [7, 11) is 0.731. The lowest BCUT2D eigenvalue weighted by Crippen LogP contribution is -2.48. The van der Waals surface area contributed by atoms with Crippen molar-refractivity contribution in [3.63, 3.8) is 0 Å². The Balaban J connectivity index is 2.16. The van der Waals surface area contributed by atoms with Crippen molar-refractivity contribution in [1.82, 2.24) is 5.32 Å². The Morgan fingerprint density at radius 1 is 1.00 bits per heavy atom. The van der Waals surface area contributed by atoms with Crippen LogP contribution < -0.4 is 23.8 Å². The quantitative estimate of drug-likeness (QED) is 0.614. The number of nitrogens with zero attached hydrogens (tertiary/aromatic N) is 1. The summed E-state index contributed by atoms with van der Waals surface area (Å²) >= 11 is 0. The SMILES string of the molecule is COc1ccc(CCNC(=O)[C@H](C)N(c2cc(OC)ccc2OC)S(C)(=O)=O)cc1. The highest BCUT2D eigenvalue weighted by molar-refractivity contribution is 7.92. The molecule has 0 spiro atoms. The maximum Gasteiger partial charge on any atom is 0.243 e. The fraction of sp³-hybridized carbons (Fsp3) is 0.381. The Hall–Kier alpha value is -2.94. The third-order valence-electron chi connectivity index (χ3n) is 4.58. The summed E-state index contributed by atoms with van der Waals surface area (Å²) in [6.07, 6.45) is 1.65. The van der Waals surface area contributed by atoms with Crippen molar-refractivity contribution in [3.05, 3.63) is 48.0 Å². The number of benzene rings is 2. The smallest absolute Gasteiger partial charge is 0.243 e. The number of amides is 1. The average Bonchev–Trinajstić information content (AvgIpc) is 2.73. The molecule has 30 heavy (non-hydrogen) atoms. The van der Waals surface area contributed by atoms with Crippen LogP contribution in [0.2, 0.25) is 0 Å². The zero-order valence-electron chi connectivity index (χ0n) is 17.8. The van der Waals surface area contributed by atoms with E-state index in [2.05, 4.69) is 5.32 Å². The van der Waals surface area contributed by atoms with E-state index < -0.39 is 22.0 Å². The largest absolute Gasteiger partial charge is 0.497 e. The Bertz CT molecular complexity index is 960. The van der Waals surface area contributed by atoms with Gasteiger partial charge in [-0.1, -0.05) is 12.1 Å². The highest BCUT2D eigenvalue weighted by atomic mass is 32.2. The minimum atomic E-state index is -3.78. The van der Waals surface area contributed by atoms with Crippen LogP contribution in [0.4, 0.5) is 5.69 Å². The summed E-state index contributed by atoms with van der Waals surface area (Å²) in [5.74, 6) is 1.11. The molecule has 1 amide bonds. The van der Waals surface area contributed by atoms with Crippen LogP contribution in [0, 0.1) is 0 Å². The highest BCUT2D eigenvalue weighted by Gasteiger charge is 2.31. The summed E-state index contributed by atoms with van der Waals surface area (Å²) in [6.45, 7) is 1.89. The fourth-order valence-corrected chi connectivity index (χ4v) is 4.19.